The molecule has 23 heavy (non-hydrogen) atoms. The zero-order valence-electron chi connectivity index (χ0n) is 11.5. The van der Waals surface area contributed by atoms with Gasteiger partial charge in [-0.3, -0.25) is 4.79 Å². The monoisotopic (exact) mass is 331 g/mol. The van der Waals surface area contributed by atoms with Gasteiger partial charge in [-0.15, -0.1) is 13.2 Å². The maximum absolute atomic E-state index is 13.9. The third-order valence-electron chi connectivity index (χ3n) is 2.90. The van der Waals surface area contributed by atoms with Crippen LogP contribution in [0.5, 0.6) is 5.75 Å². The number of amides is 1. The highest BCUT2D eigenvalue weighted by Gasteiger charge is 2.31. The summed E-state index contributed by atoms with van der Waals surface area (Å²) in [4.78, 5) is 11.1. The van der Waals surface area contributed by atoms with Crippen LogP contribution in [0, 0.1) is 11.6 Å². The molecule has 0 fully saturated rings. The van der Waals surface area contributed by atoms with E-state index >= 15 is 0 Å². The van der Waals surface area contributed by atoms with Crippen molar-refractivity contribution in [2.45, 2.75) is 12.8 Å². The Balaban J connectivity index is 2.51. The second kappa shape index (κ2) is 6.23. The van der Waals surface area contributed by atoms with Gasteiger partial charge in [0, 0.05) is 11.6 Å². The van der Waals surface area contributed by atoms with Crippen molar-refractivity contribution in [3.63, 3.8) is 0 Å². The lowest BCUT2D eigenvalue weighted by molar-refractivity contribution is -0.274. The van der Waals surface area contributed by atoms with Gasteiger partial charge in [-0.05, 0) is 35.4 Å². The van der Waals surface area contributed by atoms with Gasteiger partial charge in [0.15, 0.2) is 0 Å². The number of primary amides is 1. The first-order valence-corrected chi connectivity index (χ1v) is 6.28. The van der Waals surface area contributed by atoms with Gasteiger partial charge in [-0.25, -0.2) is 8.78 Å². The number of hydrogen-bond donors (Lipinski definition) is 1. The zero-order valence-corrected chi connectivity index (χ0v) is 11.5. The maximum atomic E-state index is 13.9. The summed E-state index contributed by atoms with van der Waals surface area (Å²) in [7, 11) is 0. The number of carbonyl (C=O) groups is 1. The first-order valence-electron chi connectivity index (χ1n) is 6.28. The summed E-state index contributed by atoms with van der Waals surface area (Å²) in [6.07, 6.45) is -5.34. The molecule has 122 valence electrons. The van der Waals surface area contributed by atoms with Crippen molar-refractivity contribution >= 4 is 5.91 Å². The van der Waals surface area contributed by atoms with E-state index in [-0.39, 0.29) is 16.7 Å². The van der Waals surface area contributed by atoms with Gasteiger partial charge in [0.2, 0.25) is 5.91 Å². The van der Waals surface area contributed by atoms with E-state index in [1.165, 1.54) is 0 Å². The molecule has 0 bridgehead atoms. The van der Waals surface area contributed by atoms with E-state index in [9.17, 15) is 26.7 Å². The van der Waals surface area contributed by atoms with Gasteiger partial charge in [0.1, 0.15) is 17.4 Å². The van der Waals surface area contributed by atoms with E-state index in [2.05, 4.69) is 4.74 Å². The zero-order chi connectivity index (χ0) is 17.2. The summed E-state index contributed by atoms with van der Waals surface area (Å²) in [6, 6.07) is 5.80. The quantitative estimate of drug-likeness (QED) is 0.871. The average Bonchev–Trinajstić information content (AvgIpc) is 2.37. The number of alkyl halides is 3. The van der Waals surface area contributed by atoms with Crippen LogP contribution >= 0.6 is 0 Å². The molecule has 1 amide bonds. The van der Waals surface area contributed by atoms with Gasteiger partial charge in [-0.1, -0.05) is 6.07 Å². The van der Waals surface area contributed by atoms with Crippen molar-refractivity contribution in [3.05, 3.63) is 53.6 Å². The standard InChI is InChI=1S/C15H10F5NO2/c16-9-1-3-12(13(17)7-9)11-4-2-10(23-15(18,19)20)5-8(11)6-14(21)22/h1-5,7H,6H2,(H2,21,22). The first-order chi connectivity index (χ1) is 10.7. The first kappa shape index (κ1) is 16.7. The molecule has 2 rings (SSSR count). The molecule has 0 atom stereocenters. The summed E-state index contributed by atoms with van der Waals surface area (Å²) in [6.45, 7) is 0. The van der Waals surface area contributed by atoms with Crippen LogP contribution in [0.4, 0.5) is 22.0 Å². The molecule has 0 radical (unpaired) electrons. The molecule has 3 nitrogen and oxygen atoms in total. The largest absolute Gasteiger partial charge is 0.573 e. The third-order valence-corrected chi connectivity index (χ3v) is 2.90. The molecule has 2 N–H and O–H groups in total. The Kier molecular flexibility index (Phi) is 4.53. The Morgan fingerprint density at radius 2 is 1.70 bits per heavy atom. The lowest BCUT2D eigenvalue weighted by atomic mass is 9.96. The van der Waals surface area contributed by atoms with Crippen molar-refractivity contribution < 1.29 is 31.5 Å². The predicted octanol–water partition coefficient (Wildman–Crippen LogP) is 3.56. The van der Waals surface area contributed by atoms with E-state index in [4.69, 9.17) is 5.73 Å². The van der Waals surface area contributed by atoms with Crippen LogP contribution < -0.4 is 10.5 Å². The minimum absolute atomic E-state index is 0.0322. The van der Waals surface area contributed by atoms with Gasteiger partial charge in [0.05, 0.1) is 6.42 Å². The molecule has 0 aliphatic heterocycles. The normalized spacial score (nSPS) is 11.3. The number of ether oxygens (including phenoxy) is 1. The van der Waals surface area contributed by atoms with E-state index in [0.717, 1.165) is 30.3 Å². The van der Waals surface area contributed by atoms with Crippen molar-refractivity contribution in [3.8, 4) is 16.9 Å². The van der Waals surface area contributed by atoms with Crippen LogP contribution in [0.15, 0.2) is 36.4 Å². The van der Waals surface area contributed by atoms with Crippen LogP contribution in [0.25, 0.3) is 11.1 Å². The molecular formula is C15H10F5NO2. The van der Waals surface area contributed by atoms with Crippen LogP contribution in [0.1, 0.15) is 5.56 Å². The van der Waals surface area contributed by atoms with Crippen molar-refractivity contribution in [1.82, 2.24) is 0 Å². The Labute approximate surface area is 127 Å². The lowest BCUT2D eigenvalue weighted by Crippen LogP contribution is -2.18. The maximum Gasteiger partial charge on any atom is 0.573 e. The van der Waals surface area contributed by atoms with Crippen LogP contribution in [-0.4, -0.2) is 12.3 Å². The molecule has 0 aliphatic rings. The van der Waals surface area contributed by atoms with Crippen molar-refractivity contribution in [1.29, 1.82) is 0 Å². The van der Waals surface area contributed by atoms with Gasteiger partial charge < -0.3 is 10.5 Å². The van der Waals surface area contributed by atoms with Crippen LogP contribution in [0.3, 0.4) is 0 Å². The highest BCUT2D eigenvalue weighted by Crippen LogP contribution is 2.32. The molecule has 0 unspecified atom stereocenters. The van der Waals surface area contributed by atoms with Gasteiger partial charge >= 0.3 is 6.36 Å². The van der Waals surface area contributed by atoms with Crippen molar-refractivity contribution in [2.75, 3.05) is 0 Å². The molecule has 0 aromatic heterocycles. The highest BCUT2D eigenvalue weighted by atomic mass is 19.4. The Morgan fingerprint density at radius 3 is 2.26 bits per heavy atom. The Hall–Kier alpha value is -2.64. The number of halogens is 5. The Morgan fingerprint density at radius 1 is 1.04 bits per heavy atom. The molecule has 2 aromatic rings. The minimum atomic E-state index is -4.91. The molecule has 0 saturated carbocycles. The fourth-order valence-electron chi connectivity index (χ4n) is 2.07. The lowest BCUT2D eigenvalue weighted by Gasteiger charge is -2.14. The molecule has 2 aromatic carbocycles. The summed E-state index contributed by atoms with van der Waals surface area (Å²) in [5.41, 5.74) is 5.14. The summed E-state index contributed by atoms with van der Waals surface area (Å²) >= 11 is 0. The number of nitrogens with two attached hydrogens (primary N) is 1. The number of hydrogen-bond acceptors (Lipinski definition) is 2. The Bertz CT molecular complexity index is 743. The van der Waals surface area contributed by atoms with Crippen LogP contribution in [0.2, 0.25) is 0 Å². The topological polar surface area (TPSA) is 52.3 Å². The predicted molar refractivity (Wildman–Crippen MR) is 71.4 cm³/mol. The fraction of sp³-hybridized carbons (Fsp3) is 0.133. The summed E-state index contributed by atoms with van der Waals surface area (Å²) in [5, 5.41) is 0. The molecule has 0 aliphatic carbocycles. The fourth-order valence-corrected chi connectivity index (χ4v) is 2.07. The molecule has 8 heteroatoms. The minimum Gasteiger partial charge on any atom is -0.406 e. The summed E-state index contributed by atoms with van der Waals surface area (Å²) < 4.78 is 67.3. The molecule has 0 heterocycles. The highest BCUT2D eigenvalue weighted by molar-refractivity contribution is 5.81. The van der Waals surface area contributed by atoms with Gasteiger partial charge in [0.25, 0.3) is 0 Å². The van der Waals surface area contributed by atoms with E-state index in [1.807, 2.05) is 0 Å². The second-order valence-corrected chi connectivity index (χ2v) is 4.63. The number of carbonyl (C=O) groups excluding carboxylic acids is 1. The van der Waals surface area contributed by atoms with E-state index in [1.54, 1.807) is 0 Å². The van der Waals surface area contributed by atoms with E-state index in [0.29, 0.717) is 6.07 Å². The SMILES string of the molecule is NC(=O)Cc1cc(OC(F)(F)F)ccc1-c1ccc(F)cc1F. The van der Waals surface area contributed by atoms with Gasteiger partial charge in [-0.2, -0.15) is 0 Å². The average molecular weight is 331 g/mol. The van der Waals surface area contributed by atoms with E-state index < -0.39 is 36.1 Å². The van der Waals surface area contributed by atoms with Crippen LogP contribution in [-0.2, 0) is 11.2 Å². The van der Waals surface area contributed by atoms with Crippen molar-refractivity contribution in [2.24, 2.45) is 5.73 Å². The molecule has 0 spiro atoms. The number of rotatable bonds is 4. The number of benzene rings is 2. The second-order valence-electron chi connectivity index (χ2n) is 4.63. The third kappa shape index (κ3) is 4.41. The molecule has 0 saturated heterocycles. The summed E-state index contributed by atoms with van der Waals surface area (Å²) in [5.74, 6) is -3.11. The molecular weight excluding hydrogens is 321 g/mol. The smallest absolute Gasteiger partial charge is 0.406 e.